The third-order valence-electron chi connectivity index (χ3n) is 8.54. The van der Waals surface area contributed by atoms with Crippen molar-refractivity contribution in [2.75, 3.05) is 33.3 Å². The number of aryl methyl sites for hydroxylation is 2. The van der Waals surface area contributed by atoms with Crippen molar-refractivity contribution < 1.29 is 19.1 Å². The number of benzene rings is 1. The van der Waals surface area contributed by atoms with Crippen LogP contribution in [0, 0.1) is 0 Å². The Balaban J connectivity index is 1.81. The van der Waals surface area contributed by atoms with Crippen LogP contribution in [0.15, 0.2) is 48.7 Å². The van der Waals surface area contributed by atoms with Crippen LogP contribution in [-0.2, 0) is 22.4 Å². The van der Waals surface area contributed by atoms with Crippen LogP contribution in [0.1, 0.15) is 117 Å². The molecule has 3 aromatic rings. The molecule has 0 aliphatic rings. The zero-order valence-corrected chi connectivity index (χ0v) is 27.9. The lowest BCUT2D eigenvalue weighted by Crippen LogP contribution is -2.43. The number of hydrogen-bond donors (Lipinski definition) is 0. The van der Waals surface area contributed by atoms with Gasteiger partial charge in [-0.05, 0) is 101 Å². The zero-order valence-electron chi connectivity index (χ0n) is 27.9. The Morgan fingerprint density at radius 1 is 0.795 bits per heavy atom. The summed E-state index contributed by atoms with van der Waals surface area (Å²) in [5.41, 5.74) is 4.82. The van der Waals surface area contributed by atoms with Gasteiger partial charge in [0.2, 0.25) is 5.78 Å². The molecule has 1 atom stereocenters. The highest BCUT2D eigenvalue weighted by atomic mass is 16.5. The molecule has 3 rings (SSSR count). The molecule has 240 valence electrons. The van der Waals surface area contributed by atoms with Crippen LogP contribution in [-0.4, -0.2) is 71.2 Å². The van der Waals surface area contributed by atoms with E-state index in [2.05, 4.69) is 37.8 Å². The van der Waals surface area contributed by atoms with Gasteiger partial charge in [0, 0.05) is 29.4 Å². The van der Waals surface area contributed by atoms with E-state index in [1.807, 2.05) is 35.6 Å². The van der Waals surface area contributed by atoms with E-state index in [0.29, 0.717) is 23.4 Å². The molecule has 0 spiro atoms. The number of aromatic nitrogens is 1. The van der Waals surface area contributed by atoms with Crippen LogP contribution in [0.5, 0.6) is 0 Å². The number of pyridine rings is 1. The first-order valence-electron chi connectivity index (χ1n) is 16.7. The number of nitrogens with zero attached hydrogens (tertiary/aromatic N) is 3. The molecule has 7 nitrogen and oxygen atoms in total. The minimum absolute atomic E-state index is 0.0125. The molecule has 0 saturated carbocycles. The monoisotopic (exact) mass is 603 g/mol. The quantitative estimate of drug-likeness (QED) is 0.106. The number of hydrogen-bond acceptors (Lipinski definition) is 5. The summed E-state index contributed by atoms with van der Waals surface area (Å²) in [6.45, 7) is 14.0. The van der Waals surface area contributed by atoms with Crippen molar-refractivity contribution in [3.63, 3.8) is 0 Å². The van der Waals surface area contributed by atoms with Crippen molar-refractivity contribution in [1.29, 1.82) is 0 Å². The van der Waals surface area contributed by atoms with Crippen molar-refractivity contribution in [3.05, 3.63) is 76.6 Å². The molecule has 44 heavy (non-hydrogen) atoms. The third kappa shape index (κ3) is 9.04. The summed E-state index contributed by atoms with van der Waals surface area (Å²) in [4.78, 5) is 43.5. The molecule has 0 unspecified atom stereocenters. The molecule has 0 N–H and O–H groups in total. The number of ketones is 1. The van der Waals surface area contributed by atoms with Crippen LogP contribution < -0.4 is 0 Å². The number of fused-ring (bicyclic) bond motifs is 1. The fourth-order valence-corrected chi connectivity index (χ4v) is 5.80. The summed E-state index contributed by atoms with van der Waals surface area (Å²) >= 11 is 0. The molecule has 7 heteroatoms. The van der Waals surface area contributed by atoms with Crippen molar-refractivity contribution in [3.8, 4) is 0 Å². The van der Waals surface area contributed by atoms with Gasteiger partial charge in [-0.2, -0.15) is 0 Å². The summed E-state index contributed by atoms with van der Waals surface area (Å²) in [6.07, 6.45) is 11.6. The minimum Gasteiger partial charge on any atom is -0.467 e. The van der Waals surface area contributed by atoms with Gasteiger partial charge in [0.25, 0.3) is 5.91 Å². The van der Waals surface area contributed by atoms with Crippen LogP contribution >= 0.6 is 0 Å². The maximum Gasteiger partial charge on any atom is 0.328 e. The van der Waals surface area contributed by atoms with Gasteiger partial charge in [-0.25, -0.2) is 4.79 Å². The molecule has 1 amide bonds. The summed E-state index contributed by atoms with van der Waals surface area (Å²) < 4.78 is 6.76. The first-order chi connectivity index (χ1) is 21.3. The number of rotatable bonds is 19. The summed E-state index contributed by atoms with van der Waals surface area (Å²) in [6, 6.07) is 13.0. The maximum atomic E-state index is 13.9. The van der Waals surface area contributed by atoms with Crippen molar-refractivity contribution in [1.82, 2.24) is 14.2 Å². The standard InChI is InChI=1S/C37H53N3O4/c1-7-11-16-31-26-33-27-32(36(42)39(10-4)28(5)37(43)44-6)21-25-40(33)34(31)35(41)30-19-17-29(18-20-30)15-14-24-38(22-12-8-2)23-13-9-3/h17-21,25-28H,7-16,22-24H2,1-6H3/t28-/m0/s1. The van der Waals surface area contributed by atoms with Crippen LogP contribution in [0.4, 0.5) is 0 Å². The molecule has 0 bridgehead atoms. The van der Waals surface area contributed by atoms with E-state index in [9.17, 15) is 14.4 Å². The predicted molar refractivity (Wildman–Crippen MR) is 179 cm³/mol. The van der Waals surface area contributed by atoms with Gasteiger partial charge in [0.15, 0.2) is 0 Å². The van der Waals surface area contributed by atoms with Gasteiger partial charge >= 0.3 is 5.97 Å². The number of carbonyl (C=O) groups is 3. The van der Waals surface area contributed by atoms with E-state index >= 15 is 0 Å². The number of ether oxygens (including phenoxy) is 1. The van der Waals surface area contributed by atoms with Gasteiger partial charge in [0.05, 0.1) is 12.8 Å². The average Bonchev–Trinajstić information content (AvgIpc) is 3.41. The number of amides is 1. The Bertz CT molecular complexity index is 1350. The van der Waals surface area contributed by atoms with E-state index in [0.717, 1.165) is 49.7 Å². The molecular formula is C37H53N3O4. The third-order valence-corrected chi connectivity index (χ3v) is 8.54. The lowest BCUT2D eigenvalue weighted by molar-refractivity contribution is -0.145. The number of methoxy groups -OCH3 is 1. The fourth-order valence-electron chi connectivity index (χ4n) is 5.80. The second-order valence-corrected chi connectivity index (χ2v) is 11.8. The molecule has 0 aliphatic heterocycles. The normalized spacial score (nSPS) is 12.1. The summed E-state index contributed by atoms with van der Waals surface area (Å²) in [5, 5.41) is 0. The van der Waals surface area contributed by atoms with Gasteiger partial charge in [-0.15, -0.1) is 0 Å². The number of likely N-dealkylation sites (N-methyl/N-ethyl adjacent to an activating group) is 1. The van der Waals surface area contributed by atoms with Gasteiger partial charge in [-0.3, -0.25) is 9.59 Å². The van der Waals surface area contributed by atoms with Crippen LogP contribution in [0.2, 0.25) is 0 Å². The lowest BCUT2D eigenvalue weighted by Gasteiger charge is -2.26. The van der Waals surface area contributed by atoms with Gasteiger partial charge in [-0.1, -0.05) is 64.3 Å². The van der Waals surface area contributed by atoms with Crippen LogP contribution in [0.25, 0.3) is 5.52 Å². The average molecular weight is 604 g/mol. The highest BCUT2D eigenvalue weighted by Crippen LogP contribution is 2.24. The summed E-state index contributed by atoms with van der Waals surface area (Å²) in [7, 11) is 1.32. The first kappa shape index (κ1) is 35.0. The van der Waals surface area contributed by atoms with Gasteiger partial charge in [0.1, 0.15) is 6.04 Å². The zero-order chi connectivity index (χ0) is 32.1. The maximum absolute atomic E-state index is 13.9. The molecule has 0 saturated heterocycles. The summed E-state index contributed by atoms with van der Waals surface area (Å²) in [5.74, 6) is -0.710. The van der Waals surface area contributed by atoms with Gasteiger partial charge < -0.3 is 18.9 Å². The van der Waals surface area contributed by atoms with Crippen molar-refractivity contribution >= 4 is 23.2 Å². The van der Waals surface area contributed by atoms with E-state index in [4.69, 9.17) is 4.74 Å². The second kappa shape index (κ2) is 17.7. The Kier molecular flexibility index (Phi) is 14.1. The molecule has 0 aliphatic carbocycles. The van der Waals surface area contributed by atoms with E-state index in [-0.39, 0.29) is 11.7 Å². The molecule has 0 radical (unpaired) electrons. The Hall–Kier alpha value is -3.45. The predicted octanol–water partition coefficient (Wildman–Crippen LogP) is 7.37. The van der Waals surface area contributed by atoms with Crippen molar-refractivity contribution in [2.24, 2.45) is 0 Å². The number of unbranched alkanes of at least 4 members (excludes halogenated alkanes) is 3. The highest BCUT2D eigenvalue weighted by molar-refractivity contribution is 6.10. The van der Waals surface area contributed by atoms with E-state index in [1.165, 1.54) is 56.3 Å². The highest BCUT2D eigenvalue weighted by Gasteiger charge is 2.27. The Labute approximate surface area is 264 Å². The van der Waals surface area contributed by atoms with E-state index in [1.54, 1.807) is 19.2 Å². The molecule has 2 heterocycles. The lowest BCUT2D eigenvalue weighted by atomic mass is 10.00. The minimum atomic E-state index is -0.693. The molecular weight excluding hydrogens is 550 g/mol. The Morgan fingerprint density at radius 2 is 1.43 bits per heavy atom. The topological polar surface area (TPSA) is 71.3 Å². The Morgan fingerprint density at radius 3 is 2.02 bits per heavy atom. The smallest absolute Gasteiger partial charge is 0.328 e. The fraction of sp³-hybridized carbons (Fsp3) is 0.541. The number of carbonyl (C=O) groups excluding carboxylic acids is 3. The van der Waals surface area contributed by atoms with Crippen molar-refractivity contribution in [2.45, 2.75) is 98.4 Å². The largest absolute Gasteiger partial charge is 0.467 e. The van der Waals surface area contributed by atoms with Crippen LogP contribution in [0.3, 0.4) is 0 Å². The first-order valence-corrected chi connectivity index (χ1v) is 16.7. The SMILES string of the molecule is CCCCc1cc2cc(C(=O)N(CC)[C@@H](C)C(=O)OC)ccn2c1C(=O)c1ccc(CCCN(CCCC)CCCC)cc1. The second-order valence-electron chi connectivity index (χ2n) is 11.8. The van der Waals surface area contributed by atoms with E-state index < -0.39 is 12.0 Å². The number of esters is 1. The molecule has 0 fully saturated rings. The molecule has 2 aromatic heterocycles. The molecule has 1 aromatic carbocycles.